The van der Waals surface area contributed by atoms with Crippen molar-refractivity contribution in [1.82, 2.24) is 4.72 Å². The van der Waals surface area contributed by atoms with Gasteiger partial charge in [0.25, 0.3) is 0 Å². The summed E-state index contributed by atoms with van der Waals surface area (Å²) in [6, 6.07) is 0. The van der Waals surface area contributed by atoms with Crippen LogP contribution in [0.3, 0.4) is 0 Å². The summed E-state index contributed by atoms with van der Waals surface area (Å²) in [4.78, 5) is 0. The smallest absolute Gasteiger partial charge is 0.0970 e. The van der Waals surface area contributed by atoms with Gasteiger partial charge < -0.3 is 0 Å². The van der Waals surface area contributed by atoms with E-state index in [4.69, 9.17) is 0 Å². The van der Waals surface area contributed by atoms with E-state index in [0.717, 1.165) is 13.0 Å². The average molecular weight is 215 g/mol. The van der Waals surface area contributed by atoms with Crippen LogP contribution >= 0.6 is 0 Å². The zero-order valence-corrected chi connectivity index (χ0v) is 10.2. The summed E-state index contributed by atoms with van der Waals surface area (Å²) in [6.07, 6.45) is 7.16. The fourth-order valence-electron chi connectivity index (χ4n) is 1.49. The van der Waals surface area contributed by atoms with E-state index in [1.54, 1.807) is 0 Å². The highest BCUT2D eigenvalue weighted by atomic mass is 32.2. The van der Waals surface area contributed by atoms with Crippen LogP contribution in [0.4, 0.5) is 0 Å². The summed E-state index contributed by atoms with van der Waals surface area (Å²) >= 11 is 0. The van der Waals surface area contributed by atoms with Crippen molar-refractivity contribution in [2.45, 2.75) is 51.2 Å². The highest BCUT2D eigenvalue weighted by molar-refractivity contribution is 7.84. The van der Waals surface area contributed by atoms with Crippen LogP contribution in [0.1, 0.15) is 46.5 Å². The van der Waals surface area contributed by atoms with Crippen molar-refractivity contribution in [3.05, 3.63) is 11.6 Å². The van der Waals surface area contributed by atoms with Gasteiger partial charge in [0.15, 0.2) is 0 Å². The predicted octanol–water partition coefficient (Wildman–Crippen LogP) is 2.54. The minimum Gasteiger partial charge on any atom is -0.242 e. The first-order valence-corrected chi connectivity index (χ1v) is 6.48. The number of allylic oxidation sites excluding steroid dienone is 1. The first-order valence-electron chi connectivity index (χ1n) is 5.33. The van der Waals surface area contributed by atoms with Gasteiger partial charge in [0.2, 0.25) is 0 Å². The SMILES string of the molecule is CC(C)(C)S(=O)NCCC1=CCCC1. The fourth-order valence-corrected chi connectivity index (χ4v) is 2.21. The Morgan fingerprint density at radius 2 is 2.21 bits per heavy atom. The van der Waals surface area contributed by atoms with Crippen molar-refractivity contribution in [3.8, 4) is 0 Å². The van der Waals surface area contributed by atoms with Gasteiger partial charge in [-0.25, -0.2) is 8.93 Å². The zero-order chi connectivity index (χ0) is 10.6. The molecule has 0 amide bonds. The van der Waals surface area contributed by atoms with Crippen LogP contribution < -0.4 is 4.72 Å². The largest absolute Gasteiger partial charge is 0.242 e. The molecule has 0 aromatic heterocycles. The van der Waals surface area contributed by atoms with Crippen molar-refractivity contribution < 1.29 is 4.21 Å². The lowest BCUT2D eigenvalue weighted by Gasteiger charge is -2.18. The number of hydrogen-bond donors (Lipinski definition) is 1. The van der Waals surface area contributed by atoms with Crippen molar-refractivity contribution in [3.63, 3.8) is 0 Å². The minimum absolute atomic E-state index is 0.149. The molecule has 0 bridgehead atoms. The molecule has 0 saturated carbocycles. The first kappa shape index (κ1) is 11.9. The lowest BCUT2D eigenvalue weighted by molar-refractivity contribution is 0.634. The lowest BCUT2D eigenvalue weighted by atomic mass is 10.2. The maximum atomic E-state index is 11.6. The normalized spacial score (nSPS) is 19.5. The van der Waals surface area contributed by atoms with Gasteiger partial charge in [-0.15, -0.1) is 0 Å². The van der Waals surface area contributed by atoms with Gasteiger partial charge in [0.1, 0.15) is 0 Å². The molecule has 2 nitrogen and oxygen atoms in total. The fraction of sp³-hybridized carbons (Fsp3) is 0.818. The second kappa shape index (κ2) is 5.08. The van der Waals surface area contributed by atoms with Crippen molar-refractivity contribution >= 4 is 11.0 Å². The molecule has 3 heteroatoms. The van der Waals surface area contributed by atoms with E-state index in [9.17, 15) is 4.21 Å². The molecular weight excluding hydrogens is 194 g/mol. The number of nitrogens with one attached hydrogen (secondary N) is 1. The zero-order valence-electron chi connectivity index (χ0n) is 9.43. The summed E-state index contributed by atoms with van der Waals surface area (Å²) in [5, 5.41) is 0. The Morgan fingerprint density at radius 3 is 2.71 bits per heavy atom. The van der Waals surface area contributed by atoms with E-state index in [1.165, 1.54) is 24.8 Å². The van der Waals surface area contributed by atoms with Gasteiger partial charge in [0.05, 0.1) is 15.7 Å². The van der Waals surface area contributed by atoms with E-state index in [2.05, 4.69) is 10.8 Å². The number of hydrogen-bond acceptors (Lipinski definition) is 1. The second-order valence-electron chi connectivity index (χ2n) is 4.78. The summed E-state index contributed by atoms with van der Waals surface area (Å²) in [5.41, 5.74) is 1.53. The predicted molar refractivity (Wildman–Crippen MR) is 62.4 cm³/mol. The van der Waals surface area contributed by atoms with Crippen LogP contribution in [0, 0.1) is 0 Å². The third kappa shape index (κ3) is 3.93. The van der Waals surface area contributed by atoms with Gasteiger partial charge in [-0.2, -0.15) is 0 Å². The Labute approximate surface area is 89.8 Å². The Bertz CT molecular complexity index is 240. The topological polar surface area (TPSA) is 29.1 Å². The van der Waals surface area contributed by atoms with Gasteiger partial charge in [-0.05, 0) is 46.5 Å². The maximum absolute atomic E-state index is 11.6. The summed E-state index contributed by atoms with van der Waals surface area (Å²) in [6.45, 7) is 6.82. The molecule has 1 rings (SSSR count). The molecule has 14 heavy (non-hydrogen) atoms. The molecule has 1 atom stereocenters. The van der Waals surface area contributed by atoms with Crippen LogP contribution in [0.15, 0.2) is 11.6 Å². The van der Waals surface area contributed by atoms with Crippen LogP contribution in [0.5, 0.6) is 0 Å². The monoisotopic (exact) mass is 215 g/mol. The Hall–Kier alpha value is -0.150. The van der Waals surface area contributed by atoms with E-state index in [0.29, 0.717) is 0 Å². The molecule has 1 aliphatic rings. The van der Waals surface area contributed by atoms with E-state index < -0.39 is 11.0 Å². The maximum Gasteiger partial charge on any atom is 0.0970 e. The molecule has 0 aromatic rings. The molecule has 1 unspecified atom stereocenters. The van der Waals surface area contributed by atoms with Crippen LogP contribution in [0.25, 0.3) is 0 Å². The van der Waals surface area contributed by atoms with Crippen LogP contribution in [0.2, 0.25) is 0 Å². The molecule has 1 N–H and O–H groups in total. The van der Waals surface area contributed by atoms with Crippen molar-refractivity contribution in [2.75, 3.05) is 6.54 Å². The van der Waals surface area contributed by atoms with Gasteiger partial charge in [-0.1, -0.05) is 11.6 Å². The van der Waals surface area contributed by atoms with Crippen LogP contribution in [-0.2, 0) is 11.0 Å². The third-order valence-electron chi connectivity index (χ3n) is 2.37. The molecule has 0 aromatic carbocycles. The molecule has 82 valence electrons. The third-order valence-corrected chi connectivity index (χ3v) is 3.95. The van der Waals surface area contributed by atoms with Crippen LogP contribution in [-0.4, -0.2) is 15.5 Å². The van der Waals surface area contributed by atoms with E-state index >= 15 is 0 Å². The molecule has 0 saturated heterocycles. The van der Waals surface area contributed by atoms with Gasteiger partial charge in [0, 0.05) is 6.54 Å². The highest BCUT2D eigenvalue weighted by Gasteiger charge is 2.18. The van der Waals surface area contributed by atoms with Crippen molar-refractivity contribution in [2.24, 2.45) is 0 Å². The Balaban J connectivity index is 2.18. The standard InChI is InChI=1S/C11H21NOS/c1-11(2,3)14(13)12-9-8-10-6-4-5-7-10/h6,12H,4-5,7-9H2,1-3H3. The number of rotatable bonds is 4. The molecule has 1 aliphatic carbocycles. The Kier molecular flexibility index (Phi) is 4.32. The first-order chi connectivity index (χ1) is 6.50. The van der Waals surface area contributed by atoms with Gasteiger partial charge in [-0.3, -0.25) is 0 Å². The second-order valence-corrected chi connectivity index (χ2v) is 6.83. The van der Waals surface area contributed by atoms with E-state index in [1.807, 2.05) is 20.8 Å². The Morgan fingerprint density at radius 1 is 1.50 bits per heavy atom. The average Bonchev–Trinajstić information content (AvgIpc) is 2.55. The lowest BCUT2D eigenvalue weighted by Crippen LogP contribution is -2.33. The molecule has 0 heterocycles. The van der Waals surface area contributed by atoms with Gasteiger partial charge >= 0.3 is 0 Å². The van der Waals surface area contributed by atoms with Crippen molar-refractivity contribution in [1.29, 1.82) is 0 Å². The molecule has 0 aliphatic heterocycles. The summed E-state index contributed by atoms with van der Waals surface area (Å²) in [5.74, 6) is 0. The minimum atomic E-state index is -0.915. The summed E-state index contributed by atoms with van der Waals surface area (Å²) < 4.78 is 14.6. The quantitative estimate of drug-likeness (QED) is 0.717. The van der Waals surface area contributed by atoms with E-state index in [-0.39, 0.29) is 4.75 Å². The summed E-state index contributed by atoms with van der Waals surface area (Å²) in [7, 11) is -0.915. The molecule has 0 fully saturated rings. The molecular formula is C11H21NOS. The molecule has 0 radical (unpaired) electrons. The molecule has 0 spiro atoms. The highest BCUT2D eigenvalue weighted by Crippen LogP contribution is 2.20.